The number of nitrogens with one attached hydrogen (secondary N) is 1. The van der Waals surface area contributed by atoms with Crippen LogP contribution in [0.15, 0.2) is 53.3 Å². The molecule has 0 spiro atoms. The van der Waals surface area contributed by atoms with Crippen LogP contribution in [-0.4, -0.2) is 70.2 Å². The topological polar surface area (TPSA) is 96.8 Å². The SMILES string of the molecule is CCOC(=O)CNC(=O)N1CCN(C(C)c2nc3ccccc3c(=O)n2-c2ccc(C)cc2)CC1C. The van der Waals surface area contributed by atoms with Gasteiger partial charge in [-0.3, -0.25) is 19.1 Å². The number of nitrogens with zero attached hydrogens (tertiary/aromatic N) is 4. The fourth-order valence-corrected chi connectivity index (χ4v) is 4.64. The largest absolute Gasteiger partial charge is 0.465 e. The number of benzene rings is 2. The smallest absolute Gasteiger partial charge is 0.325 e. The van der Waals surface area contributed by atoms with Gasteiger partial charge in [-0.05, 0) is 52.0 Å². The van der Waals surface area contributed by atoms with Crippen LogP contribution in [0.2, 0.25) is 0 Å². The monoisotopic (exact) mass is 491 g/mol. The van der Waals surface area contributed by atoms with Gasteiger partial charge in [-0.25, -0.2) is 9.78 Å². The summed E-state index contributed by atoms with van der Waals surface area (Å²) in [6, 6.07) is 14.7. The van der Waals surface area contributed by atoms with E-state index in [1.54, 1.807) is 22.5 Å². The van der Waals surface area contributed by atoms with Gasteiger partial charge in [0.25, 0.3) is 5.56 Å². The fraction of sp³-hybridized carbons (Fsp3) is 0.407. The molecule has 9 nitrogen and oxygen atoms in total. The van der Waals surface area contributed by atoms with E-state index in [1.807, 2.05) is 63.2 Å². The summed E-state index contributed by atoms with van der Waals surface area (Å²) in [5.74, 6) is 0.206. The Balaban J connectivity index is 1.59. The number of carbonyl (C=O) groups is 2. The second-order valence-electron chi connectivity index (χ2n) is 9.14. The Morgan fingerprint density at radius 2 is 1.86 bits per heavy atom. The minimum absolute atomic E-state index is 0.0941. The van der Waals surface area contributed by atoms with E-state index >= 15 is 0 Å². The molecule has 0 radical (unpaired) electrons. The zero-order chi connectivity index (χ0) is 25.8. The summed E-state index contributed by atoms with van der Waals surface area (Å²) in [7, 11) is 0. The summed E-state index contributed by atoms with van der Waals surface area (Å²) in [4.78, 5) is 46.8. The molecule has 3 aromatic rings. The lowest BCUT2D eigenvalue weighted by Crippen LogP contribution is -2.57. The molecule has 1 fully saturated rings. The van der Waals surface area contributed by atoms with E-state index < -0.39 is 5.97 Å². The van der Waals surface area contributed by atoms with Gasteiger partial charge in [-0.1, -0.05) is 29.8 Å². The van der Waals surface area contributed by atoms with Crippen LogP contribution >= 0.6 is 0 Å². The third-order valence-corrected chi connectivity index (χ3v) is 6.62. The van der Waals surface area contributed by atoms with E-state index in [-0.39, 0.29) is 36.8 Å². The van der Waals surface area contributed by atoms with Crippen molar-refractivity contribution >= 4 is 22.9 Å². The van der Waals surface area contributed by atoms with Gasteiger partial charge in [0.1, 0.15) is 12.4 Å². The molecule has 1 aliphatic heterocycles. The second kappa shape index (κ2) is 10.9. The minimum atomic E-state index is -0.456. The summed E-state index contributed by atoms with van der Waals surface area (Å²) >= 11 is 0. The van der Waals surface area contributed by atoms with Crippen LogP contribution in [0.3, 0.4) is 0 Å². The molecule has 2 unspecified atom stereocenters. The van der Waals surface area contributed by atoms with Crippen molar-refractivity contribution in [2.45, 2.75) is 39.8 Å². The Bertz CT molecular complexity index is 1300. The van der Waals surface area contributed by atoms with Crippen LogP contribution in [0, 0.1) is 6.92 Å². The van der Waals surface area contributed by atoms with Crippen molar-refractivity contribution in [3.63, 3.8) is 0 Å². The van der Waals surface area contributed by atoms with E-state index in [0.717, 1.165) is 11.3 Å². The Hall–Kier alpha value is -3.72. The number of rotatable bonds is 6. The molecule has 4 rings (SSSR count). The summed E-state index contributed by atoms with van der Waals surface area (Å²) < 4.78 is 6.59. The molecular weight excluding hydrogens is 458 g/mol. The maximum atomic E-state index is 13.6. The highest BCUT2D eigenvalue weighted by atomic mass is 16.5. The van der Waals surface area contributed by atoms with E-state index in [1.165, 1.54) is 0 Å². The number of piperazine rings is 1. The molecule has 36 heavy (non-hydrogen) atoms. The number of para-hydroxylation sites is 1. The molecule has 0 bridgehead atoms. The molecule has 0 saturated carbocycles. The fourth-order valence-electron chi connectivity index (χ4n) is 4.64. The normalized spacial score (nSPS) is 17.1. The van der Waals surface area contributed by atoms with Crippen LogP contribution in [-0.2, 0) is 9.53 Å². The lowest BCUT2D eigenvalue weighted by Gasteiger charge is -2.42. The van der Waals surface area contributed by atoms with Gasteiger partial charge in [-0.15, -0.1) is 0 Å². The molecule has 190 valence electrons. The average molecular weight is 492 g/mol. The quantitative estimate of drug-likeness (QED) is 0.533. The number of esters is 1. The predicted molar refractivity (Wildman–Crippen MR) is 138 cm³/mol. The van der Waals surface area contributed by atoms with Gasteiger partial charge in [0.15, 0.2) is 0 Å². The van der Waals surface area contributed by atoms with E-state index in [0.29, 0.717) is 36.4 Å². The minimum Gasteiger partial charge on any atom is -0.465 e. The van der Waals surface area contributed by atoms with E-state index in [2.05, 4.69) is 10.2 Å². The number of hydrogen-bond donors (Lipinski definition) is 1. The van der Waals surface area contributed by atoms with Crippen molar-refractivity contribution in [1.29, 1.82) is 0 Å². The molecule has 1 aliphatic rings. The zero-order valence-corrected chi connectivity index (χ0v) is 21.2. The zero-order valence-electron chi connectivity index (χ0n) is 21.2. The molecule has 9 heteroatoms. The molecule has 2 amide bonds. The van der Waals surface area contributed by atoms with Gasteiger partial charge in [0.05, 0.1) is 29.2 Å². The third kappa shape index (κ3) is 5.26. The van der Waals surface area contributed by atoms with Gasteiger partial charge in [-0.2, -0.15) is 0 Å². The lowest BCUT2D eigenvalue weighted by atomic mass is 10.1. The molecule has 1 N–H and O–H groups in total. The number of aromatic nitrogens is 2. The van der Waals surface area contributed by atoms with E-state index in [9.17, 15) is 14.4 Å². The Morgan fingerprint density at radius 1 is 1.14 bits per heavy atom. The van der Waals surface area contributed by atoms with Crippen molar-refractivity contribution in [3.8, 4) is 5.69 Å². The first kappa shape index (κ1) is 25.4. The van der Waals surface area contributed by atoms with Crippen molar-refractivity contribution in [2.75, 3.05) is 32.8 Å². The van der Waals surface area contributed by atoms with Crippen LogP contribution < -0.4 is 10.9 Å². The first-order valence-electron chi connectivity index (χ1n) is 12.3. The van der Waals surface area contributed by atoms with Gasteiger partial charge < -0.3 is 15.0 Å². The van der Waals surface area contributed by atoms with Gasteiger partial charge in [0, 0.05) is 25.7 Å². The molecule has 1 saturated heterocycles. The number of urea groups is 1. The number of amides is 2. The predicted octanol–water partition coefficient (Wildman–Crippen LogP) is 3.03. The van der Waals surface area contributed by atoms with Crippen molar-refractivity contribution in [1.82, 2.24) is 24.7 Å². The first-order chi connectivity index (χ1) is 17.3. The standard InChI is InChI=1S/C27H33N5O4/c1-5-36-24(33)16-28-27(35)31-15-14-30(17-19(31)3)20(4)25-29-23-9-7-6-8-22(23)26(34)32(25)21-12-10-18(2)11-13-21/h6-13,19-20H,5,14-17H2,1-4H3,(H,28,35). The highest BCUT2D eigenvalue weighted by Crippen LogP contribution is 2.25. The Kier molecular flexibility index (Phi) is 7.69. The maximum Gasteiger partial charge on any atom is 0.325 e. The average Bonchev–Trinajstić information content (AvgIpc) is 2.87. The second-order valence-corrected chi connectivity index (χ2v) is 9.14. The Labute approximate surface area is 210 Å². The van der Waals surface area contributed by atoms with Crippen molar-refractivity contribution < 1.29 is 14.3 Å². The van der Waals surface area contributed by atoms with Gasteiger partial charge >= 0.3 is 12.0 Å². The third-order valence-electron chi connectivity index (χ3n) is 6.62. The Morgan fingerprint density at radius 3 is 2.56 bits per heavy atom. The molecule has 0 aliphatic carbocycles. The molecule has 2 aromatic carbocycles. The number of carbonyl (C=O) groups excluding carboxylic acids is 2. The van der Waals surface area contributed by atoms with Crippen LogP contribution in [0.25, 0.3) is 16.6 Å². The van der Waals surface area contributed by atoms with Crippen LogP contribution in [0.1, 0.15) is 38.2 Å². The number of hydrogen-bond acceptors (Lipinski definition) is 6. The highest BCUT2D eigenvalue weighted by Gasteiger charge is 2.32. The van der Waals surface area contributed by atoms with Gasteiger partial charge in [0.2, 0.25) is 0 Å². The highest BCUT2D eigenvalue weighted by molar-refractivity contribution is 5.81. The molecule has 2 heterocycles. The summed E-state index contributed by atoms with van der Waals surface area (Å²) in [5, 5.41) is 3.22. The molecule has 1 aromatic heterocycles. The lowest BCUT2D eigenvalue weighted by molar-refractivity contribution is -0.141. The van der Waals surface area contributed by atoms with Crippen LogP contribution in [0.5, 0.6) is 0 Å². The van der Waals surface area contributed by atoms with E-state index in [4.69, 9.17) is 9.72 Å². The molecular formula is C27H33N5O4. The summed E-state index contributed by atoms with van der Waals surface area (Å²) in [6.07, 6.45) is 0. The van der Waals surface area contributed by atoms with Crippen LogP contribution in [0.4, 0.5) is 4.79 Å². The number of fused-ring (bicyclic) bond motifs is 1. The van der Waals surface area contributed by atoms with Crippen molar-refractivity contribution in [2.24, 2.45) is 0 Å². The first-order valence-corrected chi connectivity index (χ1v) is 12.3. The number of ether oxygens (including phenoxy) is 1. The summed E-state index contributed by atoms with van der Waals surface area (Å²) in [6.45, 7) is 9.58. The number of aryl methyl sites for hydroxylation is 1. The molecule has 2 atom stereocenters. The summed E-state index contributed by atoms with van der Waals surface area (Å²) in [5.41, 5.74) is 2.45. The maximum absolute atomic E-state index is 13.6. The van der Waals surface area contributed by atoms with Crippen molar-refractivity contribution in [3.05, 3.63) is 70.3 Å².